The van der Waals surface area contributed by atoms with E-state index in [4.69, 9.17) is 39.6 Å². The Balaban J connectivity index is 0.000000555. The first-order chi connectivity index (χ1) is 39.8. The second-order valence-corrected chi connectivity index (χ2v) is 22.6. The van der Waals surface area contributed by atoms with Crippen LogP contribution in [0, 0.1) is 41.9 Å². The van der Waals surface area contributed by atoms with Gasteiger partial charge >= 0.3 is 18.0 Å². The van der Waals surface area contributed by atoms with Crippen LogP contribution in [0.2, 0.25) is 0 Å². The van der Waals surface area contributed by atoms with E-state index in [2.05, 4.69) is 117 Å². The zero-order chi connectivity index (χ0) is 61.7. The van der Waals surface area contributed by atoms with Crippen LogP contribution in [-0.2, 0) is 35.0 Å². The lowest BCUT2D eigenvalue weighted by Crippen LogP contribution is -2.28. The Morgan fingerprint density at radius 1 is 0.639 bits per heavy atom. The average Bonchev–Trinajstić information content (AvgIpc) is 4.13. The number of carbonyl (C=O) groups excluding carboxylic acids is 3. The van der Waals surface area contributed by atoms with Gasteiger partial charge in [-0.2, -0.15) is 0 Å². The minimum Gasteiger partial charge on any atom is -0.494 e. The summed E-state index contributed by atoms with van der Waals surface area (Å²) in [7, 11) is 0. The lowest BCUT2D eigenvalue weighted by molar-refractivity contribution is -0.137. The number of allylic oxidation sites excluding steroid dienone is 6. The third kappa shape index (κ3) is 39.8. The third-order valence-corrected chi connectivity index (χ3v) is 14.1. The highest BCUT2D eigenvalue weighted by molar-refractivity contribution is 5.83. The number of ether oxygens (including phenoxy) is 7. The van der Waals surface area contributed by atoms with Crippen molar-refractivity contribution in [1.29, 1.82) is 0 Å². The number of aryl methyl sites for hydroxylation is 1. The van der Waals surface area contributed by atoms with Crippen LogP contribution in [0.15, 0.2) is 126 Å². The Labute approximate surface area is 503 Å². The maximum atomic E-state index is 11.3. The number of hydrogen-bond donors (Lipinski definition) is 1. The minimum atomic E-state index is -0.433. The number of epoxide rings is 1. The molecule has 1 N–H and O–H groups in total. The van der Waals surface area contributed by atoms with Crippen molar-refractivity contribution in [3.63, 3.8) is 0 Å². The monoisotopic (exact) mass is 1150 g/mol. The Hall–Kier alpha value is -6.25. The number of amides is 1. The van der Waals surface area contributed by atoms with E-state index in [1.54, 1.807) is 13.0 Å². The topological polar surface area (TPSA) is 131 Å². The fraction of sp³-hybridized carbons (Fsp3) is 0.569. The molecule has 0 bridgehead atoms. The van der Waals surface area contributed by atoms with Crippen molar-refractivity contribution in [3.8, 4) is 35.3 Å². The van der Waals surface area contributed by atoms with E-state index >= 15 is 0 Å². The molecule has 11 nitrogen and oxygen atoms in total. The summed E-state index contributed by atoms with van der Waals surface area (Å²) < 4.78 is 37.3. The molecule has 5 atom stereocenters. The van der Waals surface area contributed by atoms with Crippen molar-refractivity contribution >= 4 is 18.0 Å². The summed E-state index contributed by atoms with van der Waals surface area (Å²) in [5, 5.41) is 2.59. The van der Waals surface area contributed by atoms with Gasteiger partial charge in [0.25, 0.3) is 0 Å². The van der Waals surface area contributed by atoms with Crippen LogP contribution < -0.4 is 19.5 Å². The largest absolute Gasteiger partial charge is 0.494 e. The van der Waals surface area contributed by atoms with E-state index < -0.39 is 6.09 Å². The molecule has 1 fully saturated rings. The Morgan fingerprint density at radius 3 is 1.63 bits per heavy atom. The van der Waals surface area contributed by atoms with Gasteiger partial charge in [0, 0.05) is 12.2 Å². The maximum Gasteiger partial charge on any atom is 0.407 e. The molecular formula is C72H109NO10. The standard InChI is InChI=1S/C20H32O2.C18H28O2.C17H19NO4.C17H30O2/c1-5-16-8-11-18(12-9-16)21-15-14-17(6-2)10-13-19-20(4,7-3)22-19;1-6-13-20-18(19)14-17(5)12-8-11-16(4)10-7-9-15(2)3;1-2-20-17(19)18-12-13-21-14-8-10-16(11-9-14)22-15-6-4-3-5-7-15;1-6-19-17(18)13-16(5)12-8-11-15(4)10-7-9-14(2)3/h8-9,11-12,17,19H,5-7,10,13-15H2,1-4H3;1,8,12,14-16H,7,9-11,13H2,2-5H3;3-11H,2,12-13H2,1H3,(H,18,19);8,12-15H,6-7,9-11H2,1-5H3/b;12-8+,17-14+;;12-8+,16-13+. The Morgan fingerprint density at radius 2 is 1.14 bits per heavy atom. The van der Waals surface area contributed by atoms with Gasteiger partial charge in [-0.05, 0) is 174 Å². The quantitative estimate of drug-likeness (QED) is 0.0115. The van der Waals surface area contributed by atoms with E-state index in [0.29, 0.717) is 50.1 Å². The van der Waals surface area contributed by atoms with Crippen molar-refractivity contribution in [2.45, 2.75) is 199 Å². The van der Waals surface area contributed by atoms with E-state index in [1.807, 2.05) is 87.5 Å². The van der Waals surface area contributed by atoms with Gasteiger partial charge in [-0.25, -0.2) is 14.4 Å². The smallest absolute Gasteiger partial charge is 0.407 e. The van der Waals surface area contributed by atoms with E-state index in [9.17, 15) is 14.4 Å². The van der Waals surface area contributed by atoms with Gasteiger partial charge in [0.05, 0.1) is 38.1 Å². The molecule has 0 aliphatic carbocycles. The fourth-order valence-electron chi connectivity index (χ4n) is 8.57. The maximum absolute atomic E-state index is 11.3. The summed E-state index contributed by atoms with van der Waals surface area (Å²) in [4.78, 5) is 33.6. The fourth-order valence-corrected chi connectivity index (χ4v) is 8.57. The molecule has 0 saturated carbocycles. The summed E-state index contributed by atoms with van der Waals surface area (Å²) >= 11 is 0. The number of terminal acetylenes is 1. The highest BCUT2D eigenvalue weighted by atomic mass is 16.6. The van der Waals surface area contributed by atoms with Crippen LogP contribution in [0.4, 0.5) is 4.79 Å². The number of carbonyl (C=O) groups is 3. The molecule has 0 aromatic heterocycles. The first-order valence-electron chi connectivity index (χ1n) is 31.0. The molecule has 1 heterocycles. The van der Waals surface area contributed by atoms with Gasteiger partial charge in [0.1, 0.15) is 29.6 Å². The number of benzene rings is 3. The molecule has 0 spiro atoms. The summed E-state index contributed by atoms with van der Waals surface area (Å²) in [6, 6.07) is 25.4. The van der Waals surface area contributed by atoms with Crippen LogP contribution >= 0.6 is 0 Å². The molecule has 0 radical (unpaired) electrons. The molecule has 1 aliphatic heterocycles. The van der Waals surface area contributed by atoms with E-state index in [1.165, 1.54) is 69.4 Å². The van der Waals surface area contributed by atoms with Crippen molar-refractivity contribution < 1.29 is 47.5 Å². The summed E-state index contributed by atoms with van der Waals surface area (Å²) in [6.07, 6.45) is 33.3. The lowest BCUT2D eigenvalue weighted by Gasteiger charge is -2.15. The van der Waals surface area contributed by atoms with Gasteiger partial charge in [-0.1, -0.05) is 168 Å². The first-order valence-corrected chi connectivity index (χ1v) is 31.0. The first kappa shape index (κ1) is 74.8. The van der Waals surface area contributed by atoms with Crippen molar-refractivity contribution in [2.24, 2.45) is 29.6 Å². The van der Waals surface area contributed by atoms with E-state index in [0.717, 1.165) is 84.9 Å². The van der Waals surface area contributed by atoms with Gasteiger partial charge in [-0.3, -0.25) is 0 Å². The van der Waals surface area contributed by atoms with Crippen molar-refractivity contribution in [1.82, 2.24) is 5.32 Å². The van der Waals surface area contributed by atoms with Gasteiger partial charge < -0.3 is 38.5 Å². The molecule has 1 aliphatic rings. The van der Waals surface area contributed by atoms with Crippen LogP contribution in [0.3, 0.4) is 0 Å². The Kier molecular flexibility index (Phi) is 41.6. The number of esters is 2. The summed E-state index contributed by atoms with van der Waals surface area (Å²) in [5.74, 6) is 8.61. The van der Waals surface area contributed by atoms with Gasteiger partial charge in [-0.15, -0.1) is 6.42 Å². The van der Waals surface area contributed by atoms with Crippen molar-refractivity contribution in [2.75, 3.05) is 39.6 Å². The molecule has 83 heavy (non-hydrogen) atoms. The van der Waals surface area contributed by atoms with Crippen LogP contribution in [-0.4, -0.2) is 69.3 Å². The second kappa shape index (κ2) is 46.2. The molecule has 3 aromatic carbocycles. The van der Waals surface area contributed by atoms with Crippen molar-refractivity contribution in [3.05, 3.63) is 132 Å². The Bertz CT molecular complexity index is 2330. The van der Waals surface area contributed by atoms with Gasteiger partial charge in [0.2, 0.25) is 0 Å². The molecule has 462 valence electrons. The molecular weight excluding hydrogens is 1040 g/mol. The summed E-state index contributed by atoms with van der Waals surface area (Å²) in [6.45, 7) is 32.3. The van der Waals surface area contributed by atoms with Crippen LogP contribution in [0.1, 0.15) is 186 Å². The molecule has 3 aromatic rings. The van der Waals surface area contributed by atoms with Crippen LogP contribution in [0.25, 0.3) is 0 Å². The molecule has 1 saturated heterocycles. The summed E-state index contributed by atoms with van der Waals surface area (Å²) in [5.41, 5.74) is 3.38. The van der Waals surface area contributed by atoms with E-state index in [-0.39, 0.29) is 24.1 Å². The average molecular weight is 1150 g/mol. The highest BCUT2D eigenvalue weighted by Crippen LogP contribution is 2.42. The predicted octanol–water partition coefficient (Wildman–Crippen LogP) is 18.4. The third-order valence-electron chi connectivity index (χ3n) is 14.1. The number of para-hydroxylation sites is 1. The minimum absolute atomic E-state index is 0.0270. The number of rotatable bonds is 35. The number of nitrogens with one attached hydrogen (secondary N) is 1. The predicted molar refractivity (Wildman–Crippen MR) is 343 cm³/mol. The SMILES string of the molecule is C#CCOC(=O)/C=C(C)/C=C/CC(C)CCCC(C)C.CCOC(=O)/C=C(C)/C=C/CC(C)CCCC(C)C.CCOC(=O)NCCOc1ccc(Oc2ccccc2)cc1.CCc1ccc(OCCC(CC)CCC2OC2(C)CC)cc1. The van der Waals surface area contributed by atoms with Gasteiger partial charge in [0.15, 0.2) is 6.61 Å². The molecule has 4 rings (SSSR count). The molecule has 11 heteroatoms. The lowest BCUT2D eigenvalue weighted by atomic mass is 9.93. The number of hydrogen-bond acceptors (Lipinski definition) is 10. The highest BCUT2D eigenvalue weighted by Gasteiger charge is 2.49. The zero-order valence-corrected chi connectivity index (χ0v) is 53.7. The zero-order valence-electron chi connectivity index (χ0n) is 53.7. The molecule has 5 unspecified atom stereocenters. The van der Waals surface area contributed by atoms with Crippen LogP contribution in [0.5, 0.6) is 23.0 Å². The normalized spacial score (nSPS) is 15.7. The second-order valence-electron chi connectivity index (χ2n) is 22.6. The molecule has 1 amide bonds. The number of alkyl carbamates (subject to hydrolysis) is 1.